The summed E-state index contributed by atoms with van der Waals surface area (Å²) in [5, 5.41) is 13.6. The van der Waals surface area contributed by atoms with Gasteiger partial charge in [-0.15, -0.1) is 0 Å². The molecule has 0 aliphatic heterocycles. The second-order valence-electron chi connectivity index (χ2n) is 4.34. The van der Waals surface area contributed by atoms with Crippen molar-refractivity contribution in [1.82, 2.24) is 5.43 Å². The first-order valence-corrected chi connectivity index (χ1v) is 7.93. The Labute approximate surface area is 148 Å². The van der Waals surface area contributed by atoms with Crippen LogP contribution in [0.2, 0.25) is 0 Å². The molecule has 5 nitrogen and oxygen atoms in total. The molecule has 0 saturated carbocycles. The van der Waals surface area contributed by atoms with E-state index in [0.717, 1.165) is 4.47 Å². The van der Waals surface area contributed by atoms with Crippen LogP contribution in [-0.2, 0) is 4.79 Å². The van der Waals surface area contributed by atoms with E-state index in [1.54, 1.807) is 18.2 Å². The van der Waals surface area contributed by atoms with Crippen LogP contribution in [0.15, 0.2) is 50.4 Å². The second-order valence-corrected chi connectivity index (χ2v) is 6.11. The molecule has 0 aliphatic carbocycles. The van der Waals surface area contributed by atoms with Gasteiger partial charge in [0.2, 0.25) is 0 Å². The van der Waals surface area contributed by atoms with Crippen LogP contribution in [0.25, 0.3) is 0 Å². The van der Waals surface area contributed by atoms with Crippen molar-refractivity contribution in [2.75, 3.05) is 6.61 Å². The van der Waals surface area contributed by atoms with Gasteiger partial charge in [-0.25, -0.2) is 9.82 Å². The molecule has 8 heteroatoms. The summed E-state index contributed by atoms with van der Waals surface area (Å²) in [7, 11) is 0. The Hall–Kier alpha value is -1.93. The van der Waals surface area contributed by atoms with Crippen molar-refractivity contribution in [2.45, 2.75) is 0 Å². The number of phenols is 1. The smallest absolute Gasteiger partial charge is 0.277 e. The van der Waals surface area contributed by atoms with E-state index in [1.165, 1.54) is 24.4 Å². The zero-order valence-corrected chi connectivity index (χ0v) is 14.8. The summed E-state index contributed by atoms with van der Waals surface area (Å²) in [6, 6.07) is 9.08. The fourth-order valence-electron chi connectivity index (χ4n) is 1.60. The Morgan fingerprint density at radius 1 is 1.35 bits per heavy atom. The number of rotatable bonds is 5. The average molecular weight is 446 g/mol. The number of amides is 1. The van der Waals surface area contributed by atoms with Crippen molar-refractivity contribution in [3.05, 3.63) is 56.7 Å². The molecule has 0 fully saturated rings. The molecule has 120 valence electrons. The van der Waals surface area contributed by atoms with E-state index >= 15 is 0 Å². The van der Waals surface area contributed by atoms with Gasteiger partial charge in [-0.05, 0) is 40.2 Å². The molecule has 0 atom stereocenters. The molecule has 0 saturated heterocycles. The van der Waals surface area contributed by atoms with E-state index in [9.17, 15) is 14.3 Å². The molecule has 0 bridgehead atoms. The van der Waals surface area contributed by atoms with Gasteiger partial charge in [0.15, 0.2) is 18.2 Å². The number of nitrogens with zero attached hydrogens (tertiary/aromatic N) is 1. The molecule has 0 spiro atoms. The largest absolute Gasteiger partial charge is 0.506 e. The predicted molar refractivity (Wildman–Crippen MR) is 91.1 cm³/mol. The number of carbonyl (C=O) groups is 1. The van der Waals surface area contributed by atoms with Crippen LogP contribution in [0.5, 0.6) is 11.5 Å². The molecule has 0 aromatic heterocycles. The summed E-state index contributed by atoms with van der Waals surface area (Å²) in [4.78, 5) is 11.6. The number of hydrogen-bond donors (Lipinski definition) is 2. The SMILES string of the molecule is O=C(COc1ccccc1F)NN=Cc1cc(Br)cc(Br)c1O. The molecule has 1 amide bonds. The molecular formula is C15H11Br2FN2O3. The quantitative estimate of drug-likeness (QED) is 0.545. The maximum Gasteiger partial charge on any atom is 0.277 e. The number of nitrogens with one attached hydrogen (secondary N) is 1. The van der Waals surface area contributed by atoms with Crippen molar-refractivity contribution in [3.8, 4) is 11.5 Å². The second kappa shape index (κ2) is 8.07. The third-order valence-corrected chi connectivity index (χ3v) is 3.71. The first-order valence-electron chi connectivity index (χ1n) is 6.34. The first kappa shape index (κ1) is 17.4. The Morgan fingerprint density at radius 2 is 2.09 bits per heavy atom. The first-order chi connectivity index (χ1) is 11.0. The van der Waals surface area contributed by atoms with Gasteiger partial charge in [-0.3, -0.25) is 4.79 Å². The Bertz CT molecular complexity index is 753. The standard InChI is InChI=1S/C15H11Br2FN2O3/c16-10-5-9(15(22)11(17)6-10)7-19-20-14(21)8-23-13-4-2-1-3-12(13)18/h1-7,22H,8H2,(H,20,21). The molecular weight excluding hydrogens is 435 g/mol. The van der Waals surface area contributed by atoms with Crippen molar-refractivity contribution in [2.24, 2.45) is 5.10 Å². The number of phenolic OH excluding ortho intramolecular Hbond substituents is 1. The summed E-state index contributed by atoms with van der Waals surface area (Å²) in [6.07, 6.45) is 1.28. The number of aromatic hydroxyl groups is 1. The Balaban J connectivity index is 1.91. The normalized spacial score (nSPS) is 10.7. The van der Waals surface area contributed by atoms with E-state index in [1.807, 2.05) is 0 Å². The molecule has 2 aromatic carbocycles. The summed E-state index contributed by atoms with van der Waals surface area (Å²) in [5.74, 6) is -1.13. The average Bonchev–Trinajstić information content (AvgIpc) is 2.51. The van der Waals surface area contributed by atoms with E-state index < -0.39 is 11.7 Å². The van der Waals surface area contributed by atoms with Gasteiger partial charge in [0, 0.05) is 10.0 Å². The number of para-hydroxylation sites is 1. The molecule has 2 N–H and O–H groups in total. The highest BCUT2D eigenvalue weighted by Gasteiger charge is 2.07. The highest BCUT2D eigenvalue weighted by Crippen LogP contribution is 2.30. The summed E-state index contributed by atoms with van der Waals surface area (Å²) in [6.45, 7) is -0.383. The molecule has 2 rings (SSSR count). The van der Waals surface area contributed by atoms with Crippen LogP contribution in [-0.4, -0.2) is 23.8 Å². The van der Waals surface area contributed by atoms with E-state index in [0.29, 0.717) is 10.0 Å². The van der Waals surface area contributed by atoms with Crippen molar-refractivity contribution in [1.29, 1.82) is 0 Å². The lowest BCUT2D eigenvalue weighted by atomic mass is 10.2. The molecule has 0 aliphatic rings. The fourth-order valence-corrected chi connectivity index (χ4v) is 2.85. The number of halogens is 3. The monoisotopic (exact) mass is 444 g/mol. The van der Waals surface area contributed by atoms with Gasteiger partial charge in [0.25, 0.3) is 5.91 Å². The zero-order chi connectivity index (χ0) is 16.8. The van der Waals surface area contributed by atoms with Crippen molar-refractivity contribution < 1.29 is 19.0 Å². The number of hydrogen-bond acceptors (Lipinski definition) is 4. The van der Waals surface area contributed by atoms with Crippen molar-refractivity contribution in [3.63, 3.8) is 0 Å². The zero-order valence-electron chi connectivity index (χ0n) is 11.6. The van der Waals surface area contributed by atoms with Gasteiger partial charge in [0.1, 0.15) is 5.75 Å². The third kappa shape index (κ3) is 5.04. The summed E-state index contributed by atoms with van der Waals surface area (Å²) < 4.78 is 19.6. The van der Waals surface area contributed by atoms with Gasteiger partial charge in [-0.1, -0.05) is 28.1 Å². The number of ether oxygens (including phenoxy) is 1. The maximum atomic E-state index is 13.3. The fraction of sp³-hybridized carbons (Fsp3) is 0.0667. The van der Waals surface area contributed by atoms with Gasteiger partial charge >= 0.3 is 0 Å². The molecule has 0 radical (unpaired) electrons. The number of carbonyl (C=O) groups excluding carboxylic acids is 1. The molecule has 23 heavy (non-hydrogen) atoms. The van der Waals surface area contributed by atoms with Gasteiger partial charge < -0.3 is 9.84 Å². The summed E-state index contributed by atoms with van der Waals surface area (Å²) in [5.41, 5.74) is 2.63. The minimum Gasteiger partial charge on any atom is -0.506 e. The van der Waals surface area contributed by atoms with Crippen LogP contribution < -0.4 is 10.2 Å². The van der Waals surface area contributed by atoms with Crippen LogP contribution in [0.1, 0.15) is 5.56 Å². The lowest BCUT2D eigenvalue weighted by Gasteiger charge is -2.06. The van der Waals surface area contributed by atoms with Crippen LogP contribution in [0, 0.1) is 5.82 Å². The van der Waals surface area contributed by atoms with Crippen LogP contribution >= 0.6 is 31.9 Å². The lowest BCUT2D eigenvalue weighted by Crippen LogP contribution is -2.24. The highest BCUT2D eigenvalue weighted by atomic mass is 79.9. The van der Waals surface area contributed by atoms with Gasteiger partial charge in [0.05, 0.1) is 10.7 Å². The van der Waals surface area contributed by atoms with Crippen LogP contribution in [0.4, 0.5) is 4.39 Å². The Kier molecular flexibility index (Phi) is 6.12. The molecule has 0 unspecified atom stereocenters. The lowest BCUT2D eigenvalue weighted by molar-refractivity contribution is -0.123. The maximum absolute atomic E-state index is 13.3. The van der Waals surface area contributed by atoms with Crippen LogP contribution in [0.3, 0.4) is 0 Å². The van der Waals surface area contributed by atoms with Crippen molar-refractivity contribution >= 4 is 44.0 Å². The minimum absolute atomic E-state index is 0.00574. The summed E-state index contributed by atoms with van der Waals surface area (Å²) >= 11 is 6.47. The predicted octanol–water partition coefficient (Wildman–Crippen LogP) is 3.59. The highest BCUT2D eigenvalue weighted by molar-refractivity contribution is 9.11. The molecule has 2 aromatic rings. The number of benzene rings is 2. The van der Waals surface area contributed by atoms with E-state index in [4.69, 9.17) is 4.74 Å². The third-order valence-electron chi connectivity index (χ3n) is 2.65. The minimum atomic E-state index is -0.557. The topological polar surface area (TPSA) is 70.9 Å². The number of hydrazone groups is 1. The Morgan fingerprint density at radius 3 is 2.83 bits per heavy atom. The molecule has 0 heterocycles. The van der Waals surface area contributed by atoms with E-state index in [-0.39, 0.29) is 18.1 Å². The van der Waals surface area contributed by atoms with E-state index in [2.05, 4.69) is 42.4 Å². The van der Waals surface area contributed by atoms with Gasteiger partial charge in [-0.2, -0.15) is 5.10 Å².